The third kappa shape index (κ3) is 6.49. The molecular formula is C25H46O15. The molecule has 40 heavy (non-hydrogen) atoms. The molecule has 0 spiro atoms. The maximum atomic E-state index is 11.5. The SMILES string of the molecule is CC(C)(OC1OC(CO)C(O)C(O)C1O)C1C(O)C(CO)CC(OC(C)(C)C2C(O)C(O)OC(CO)C2O)C1O. The van der Waals surface area contributed by atoms with E-state index in [0.29, 0.717) is 0 Å². The Morgan fingerprint density at radius 2 is 1.10 bits per heavy atom. The lowest BCUT2D eigenvalue weighted by Gasteiger charge is -2.53. The van der Waals surface area contributed by atoms with E-state index in [0.717, 1.165) is 0 Å². The monoisotopic (exact) mass is 586 g/mol. The van der Waals surface area contributed by atoms with Crippen molar-refractivity contribution in [2.45, 2.75) is 119 Å². The van der Waals surface area contributed by atoms with E-state index >= 15 is 0 Å². The van der Waals surface area contributed by atoms with E-state index in [9.17, 15) is 56.2 Å². The third-order valence-electron chi connectivity index (χ3n) is 8.60. The van der Waals surface area contributed by atoms with Crippen LogP contribution in [0.2, 0.25) is 0 Å². The molecule has 0 aromatic carbocycles. The number of hydrogen-bond acceptors (Lipinski definition) is 15. The van der Waals surface area contributed by atoms with Crippen LogP contribution in [0, 0.1) is 17.8 Å². The molecular weight excluding hydrogens is 540 g/mol. The second kappa shape index (κ2) is 13.0. The fraction of sp³-hybridized carbons (Fsp3) is 1.00. The lowest BCUT2D eigenvalue weighted by atomic mass is 9.68. The molecule has 2 saturated heterocycles. The molecule has 15 unspecified atom stereocenters. The third-order valence-corrected chi connectivity index (χ3v) is 8.60. The molecule has 0 amide bonds. The van der Waals surface area contributed by atoms with Gasteiger partial charge in [-0.2, -0.15) is 0 Å². The van der Waals surface area contributed by atoms with Gasteiger partial charge in [0, 0.05) is 24.4 Å². The van der Waals surface area contributed by atoms with Gasteiger partial charge in [-0.25, -0.2) is 0 Å². The van der Waals surface area contributed by atoms with Gasteiger partial charge >= 0.3 is 0 Å². The van der Waals surface area contributed by atoms with E-state index in [1.807, 2.05) is 0 Å². The number of aliphatic hydroxyl groups is 11. The van der Waals surface area contributed by atoms with Crippen molar-refractivity contribution < 1.29 is 75.1 Å². The van der Waals surface area contributed by atoms with Gasteiger partial charge in [-0.3, -0.25) is 0 Å². The van der Waals surface area contributed by atoms with Gasteiger partial charge in [0.1, 0.15) is 36.6 Å². The van der Waals surface area contributed by atoms with E-state index in [2.05, 4.69) is 0 Å². The molecule has 11 N–H and O–H groups in total. The van der Waals surface area contributed by atoms with Crippen LogP contribution < -0.4 is 0 Å². The summed E-state index contributed by atoms with van der Waals surface area (Å²) in [4.78, 5) is 0. The molecule has 0 aromatic heterocycles. The first kappa shape index (κ1) is 33.9. The smallest absolute Gasteiger partial charge is 0.187 e. The summed E-state index contributed by atoms with van der Waals surface area (Å²) in [7, 11) is 0. The highest BCUT2D eigenvalue weighted by molar-refractivity contribution is 5.04. The Balaban J connectivity index is 1.86. The quantitative estimate of drug-likeness (QED) is 0.121. The zero-order valence-corrected chi connectivity index (χ0v) is 23.0. The minimum Gasteiger partial charge on any atom is -0.396 e. The first-order chi connectivity index (χ1) is 18.5. The molecule has 15 nitrogen and oxygen atoms in total. The first-order valence-corrected chi connectivity index (χ1v) is 13.5. The van der Waals surface area contributed by atoms with Crippen LogP contribution in [0.4, 0.5) is 0 Å². The maximum absolute atomic E-state index is 11.5. The zero-order chi connectivity index (χ0) is 30.3. The van der Waals surface area contributed by atoms with Gasteiger partial charge < -0.3 is 75.1 Å². The minimum atomic E-state index is -1.74. The summed E-state index contributed by atoms with van der Waals surface area (Å²) < 4.78 is 22.6. The molecule has 3 aliphatic rings. The summed E-state index contributed by atoms with van der Waals surface area (Å²) in [6, 6.07) is 0. The highest BCUT2D eigenvalue weighted by Crippen LogP contribution is 2.44. The number of aliphatic hydroxyl groups excluding tert-OH is 11. The van der Waals surface area contributed by atoms with Crippen molar-refractivity contribution >= 4 is 0 Å². The van der Waals surface area contributed by atoms with E-state index in [-0.39, 0.29) is 6.42 Å². The Morgan fingerprint density at radius 1 is 0.575 bits per heavy atom. The molecule has 15 atom stereocenters. The highest BCUT2D eigenvalue weighted by atomic mass is 16.7. The van der Waals surface area contributed by atoms with E-state index in [4.69, 9.17) is 18.9 Å². The largest absolute Gasteiger partial charge is 0.396 e. The van der Waals surface area contributed by atoms with Crippen LogP contribution in [0.25, 0.3) is 0 Å². The molecule has 2 heterocycles. The van der Waals surface area contributed by atoms with Crippen molar-refractivity contribution in [1.82, 2.24) is 0 Å². The Bertz CT molecular complexity index is 811. The van der Waals surface area contributed by atoms with E-state index in [1.165, 1.54) is 27.7 Å². The summed E-state index contributed by atoms with van der Waals surface area (Å²) >= 11 is 0. The molecule has 236 valence electrons. The average Bonchev–Trinajstić information content (AvgIpc) is 2.87. The molecule has 15 heteroatoms. The normalized spacial score (nSPS) is 47.3. The standard InChI is InChI=1S/C25H46O15/c1-24(2,14-17(31)11(7-27)37-22(36)19(14)33)39-10-5-9(6-26)15(29)13(16(10)30)25(3,4)40-23-21(35)20(34)18(32)12(8-28)38-23/h9-23,26-36H,5-8H2,1-4H3. The van der Waals surface area contributed by atoms with E-state index < -0.39 is 122 Å². The Kier molecular flexibility index (Phi) is 11.0. The number of hydrogen-bond donors (Lipinski definition) is 11. The van der Waals surface area contributed by atoms with Crippen LogP contribution >= 0.6 is 0 Å². The van der Waals surface area contributed by atoms with Gasteiger partial charge in [0.15, 0.2) is 12.6 Å². The van der Waals surface area contributed by atoms with Crippen molar-refractivity contribution in [3.63, 3.8) is 0 Å². The van der Waals surface area contributed by atoms with Crippen molar-refractivity contribution in [2.24, 2.45) is 17.8 Å². The van der Waals surface area contributed by atoms with Crippen LogP contribution in [0.15, 0.2) is 0 Å². The van der Waals surface area contributed by atoms with Gasteiger partial charge in [-0.05, 0) is 34.1 Å². The summed E-state index contributed by atoms with van der Waals surface area (Å²) in [5.74, 6) is -3.20. The van der Waals surface area contributed by atoms with Crippen molar-refractivity contribution in [3.8, 4) is 0 Å². The molecule has 0 radical (unpaired) electrons. The fourth-order valence-electron chi connectivity index (χ4n) is 6.36. The van der Waals surface area contributed by atoms with Gasteiger partial charge in [0.05, 0.1) is 48.8 Å². The molecule has 0 bridgehead atoms. The summed E-state index contributed by atoms with van der Waals surface area (Å²) in [5.41, 5.74) is -2.97. The van der Waals surface area contributed by atoms with Crippen LogP contribution in [0.3, 0.4) is 0 Å². The lowest BCUT2D eigenvalue weighted by Crippen LogP contribution is -2.66. The maximum Gasteiger partial charge on any atom is 0.187 e. The first-order valence-electron chi connectivity index (χ1n) is 13.5. The summed E-state index contributed by atoms with van der Waals surface area (Å²) in [6.07, 6.45) is -17.9. The van der Waals surface area contributed by atoms with Crippen molar-refractivity contribution in [3.05, 3.63) is 0 Å². The van der Waals surface area contributed by atoms with Crippen LogP contribution in [-0.4, -0.2) is 161 Å². The van der Waals surface area contributed by atoms with Gasteiger partial charge in [-0.15, -0.1) is 0 Å². The zero-order valence-electron chi connectivity index (χ0n) is 23.0. The summed E-state index contributed by atoms with van der Waals surface area (Å²) in [5, 5.41) is 114. The predicted molar refractivity (Wildman–Crippen MR) is 132 cm³/mol. The number of rotatable bonds is 9. The Labute approximate surface area is 232 Å². The molecule has 2 aliphatic heterocycles. The Hall–Kier alpha value is -0.600. The predicted octanol–water partition coefficient (Wildman–Crippen LogP) is -4.86. The number of ether oxygens (including phenoxy) is 4. The highest BCUT2D eigenvalue weighted by Gasteiger charge is 2.57. The van der Waals surface area contributed by atoms with Crippen LogP contribution in [0.1, 0.15) is 34.1 Å². The molecule has 0 aromatic rings. The second-order valence-corrected chi connectivity index (χ2v) is 12.1. The topological polar surface area (TPSA) is 259 Å². The molecule has 3 fully saturated rings. The van der Waals surface area contributed by atoms with Gasteiger partial charge in [0.2, 0.25) is 0 Å². The average molecular weight is 587 g/mol. The lowest BCUT2D eigenvalue weighted by molar-refractivity contribution is -0.342. The fourth-order valence-corrected chi connectivity index (χ4v) is 6.36. The molecule has 1 aliphatic carbocycles. The van der Waals surface area contributed by atoms with E-state index in [1.54, 1.807) is 0 Å². The van der Waals surface area contributed by atoms with Crippen molar-refractivity contribution in [2.75, 3.05) is 19.8 Å². The molecule has 3 rings (SSSR count). The summed E-state index contributed by atoms with van der Waals surface area (Å²) in [6.45, 7) is 4.12. The molecule has 1 saturated carbocycles. The van der Waals surface area contributed by atoms with Gasteiger partial charge in [0.25, 0.3) is 0 Å². The Morgan fingerprint density at radius 3 is 1.65 bits per heavy atom. The van der Waals surface area contributed by atoms with Crippen molar-refractivity contribution in [1.29, 1.82) is 0 Å². The van der Waals surface area contributed by atoms with Crippen LogP contribution in [0.5, 0.6) is 0 Å². The second-order valence-electron chi connectivity index (χ2n) is 12.1. The van der Waals surface area contributed by atoms with Gasteiger partial charge in [-0.1, -0.05) is 0 Å². The van der Waals surface area contributed by atoms with Crippen LogP contribution in [-0.2, 0) is 18.9 Å². The minimum absolute atomic E-state index is 0.0454.